The summed E-state index contributed by atoms with van der Waals surface area (Å²) in [4.78, 5) is 0. The van der Waals surface area contributed by atoms with E-state index < -0.39 is 61.5 Å². The molecule has 1 fully saturated rings. The summed E-state index contributed by atoms with van der Waals surface area (Å²) in [7, 11) is 0. The van der Waals surface area contributed by atoms with Crippen molar-refractivity contribution in [3.05, 3.63) is 0 Å². The zero-order valence-corrected chi connectivity index (χ0v) is 9.96. The maximum absolute atomic E-state index is 13.5. The number of alkyl halides is 11. The molecule has 0 spiro atoms. The third kappa shape index (κ3) is 3.05. The van der Waals surface area contributed by atoms with Crippen LogP contribution in [0.3, 0.4) is 0 Å². The highest BCUT2D eigenvalue weighted by atomic mass is 19.4. The maximum atomic E-state index is 13.5. The van der Waals surface area contributed by atoms with E-state index in [1.54, 1.807) is 0 Å². The van der Waals surface area contributed by atoms with Gasteiger partial charge in [-0.3, -0.25) is 0 Å². The second-order valence-corrected chi connectivity index (χ2v) is 4.79. The van der Waals surface area contributed by atoms with Gasteiger partial charge in [0.1, 0.15) is 5.41 Å². The minimum atomic E-state index is -6.02. The van der Waals surface area contributed by atoms with Crippen molar-refractivity contribution in [1.82, 2.24) is 0 Å². The van der Waals surface area contributed by atoms with Gasteiger partial charge in [0.05, 0.1) is 0 Å². The van der Waals surface area contributed by atoms with Gasteiger partial charge in [-0.1, -0.05) is 0 Å². The highest BCUT2D eigenvalue weighted by Gasteiger charge is 2.73. The van der Waals surface area contributed by atoms with Crippen molar-refractivity contribution in [1.29, 1.82) is 0 Å². The molecule has 0 bridgehead atoms. The normalized spacial score (nSPS) is 42.1. The molecule has 0 heterocycles. The van der Waals surface area contributed by atoms with Gasteiger partial charge in [0.2, 0.25) is 0 Å². The molecule has 0 aromatic heterocycles. The van der Waals surface area contributed by atoms with E-state index >= 15 is 0 Å². The van der Waals surface area contributed by atoms with E-state index in [0.29, 0.717) is 0 Å². The minimum Gasteiger partial charge on any atom is -0.243 e. The molecule has 21 heavy (non-hydrogen) atoms. The molecule has 1 aliphatic rings. The lowest BCUT2D eigenvalue weighted by atomic mass is 9.65. The average Bonchev–Trinajstić information content (AvgIpc) is 2.31. The number of rotatable bonds is 2. The summed E-state index contributed by atoms with van der Waals surface area (Å²) in [6.07, 6.45) is -34.7. The molecule has 4 atom stereocenters. The predicted molar refractivity (Wildman–Crippen MR) is 48.3 cm³/mol. The molecule has 0 nitrogen and oxygen atoms in total. The summed E-state index contributed by atoms with van der Waals surface area (Å²) in [6.45, 7) is 0. The number of hydrogen-bond acceptors (Lipinski definition) is 0. The molecule has 0 saturated heterocycles. The van der Waals surface area contributed by atoms with Crippen molar-refractivity contribution < 1.29 is 48.3 Å². The summed E-state index contributed by atoms with van der Waals surface area (Å²) >= 11 is 0. The van der Waals surface area contributed by atoms with E-state index in [-0.39, 0.29) is 0 Å². The van der Waals surface area contributed by atoms with Gasteiger partial charge in [-0.2, -0.15) is 26.3 Å². The first kappa shape index (κ1) is 18.3. The molecule has 1 aliphatic carbocycles. The standard InChI is InChI=1S/C10H9F11/c11-3-4(12)6(14)8(10(19,20)21,7(15)5(3)13)1-2-9(16,17)18/h3-7H,1-2H2. The molecule has 4 unspecified atom stereocenters. The van der Waals surface area contributed by atoms with Crippen LogP contribution in [0.25, 0.3) is 0 Å². The quantitative estimate of drug-likeness (QED) is 0.647. The average molecular weight is 338 g/mol. The molecule has 0 aliphatic heterocycles. The lowest BCUT2D eigenvalue weighted by Gasteiger charge is -2.47. The van der Waals surface area contributed by atoms with E-state index in [4.69, 9.17) is 0 Å². The maximum Gasteiger partial charge on any atom is 0.400 e. The highest BCUT2D eigenvalue weighted by Crippen LogP contribution is 2.57. The minimum absolute atomic E-state index is 2.27. The number of halogens is 11. The molecule has 0 aromatic rings. The van der Waals surface area contributed by atoms with Crippen LogP contribution in [-0.4, -0.2) is 43.2 Å². The van der Waals surface area contributed by atoms with Gasteiger partial charge in [-0.25, -0.2) is 22.0 Å². The van der Waals surface area contributed by atoms with Crippen LogP contribution in [0.5, 0.6) is 0 Å². The molecule has 1 saturated carbocycles. The number of hydrogen-bond donors (Lipinski definition) is 0. The molecule has 11 heteroatoms. The van der Waals surface area contributed by atoms with Crippen molar-refractivity contribution >= 4 is 0 Å². The second-order valence-electron chi connectivity index (χ2n) is 4.79. The van der Waals surface area contributed by atoms with Gasteiger partial charge in [0.15, 0.2) is 30.9 Å². The van der Waals surface area contributed by atoms with Crippen LogP contribution in [-0.2, 0) is 0 Å². The van der Waals surface area contributed by atoms with E-state index in [2.05, 4.69) is 0 Å². The largest absolute Gasteiger partial charge is 0.400 e. The molecular weight excluding hydrogens is 329 g/mol. The Bertz CT molecular complexity index is 343. The Kier molecular flexibility index (Phi) is 4.75. The first-order chi connectivity index (χ1) is 9.25. The Morgan fingerprint density at radius 2 is 1.05 bits per heavy atom. The monoisotopic (exact) mass is 338 g/mol. The smallest absolute Gasteiger partial charge is 0.243 e. The third-order valence-corrected chi connectivity index (χ3v) is 3.50. The SMILES string of the molecule is FC1C(F)C(F)C(CCC(F)(F)F)(C(F)(F)F)C(F)C1F. The third-order valence-electron chi connectivity index (χ3n) is 3.50. The zero-order valence-electron chi connectivity index (χ0n) is 9.96. The van der Waals surface area contributed by atoms with Crippen LogP contribution in [0.2, 0.25) is 0 Å². The summed E-state index contributed by atoms with van der Waals surface area (Å²) < 4.78 is 141. The topological polar surface area (TPSA) is 0 Å². The van der Waals surface area contributed by atoms with Crippen LogP contribution in [0.15, 0.2) is 0 Å². The van der Waals surface area contributed by atoms with Crippen LogP contribution in [0.1, 0.15) is 12.8 Å². The molecule has 0 N–H and O–H groups in total. The van der Waals surface area contributed by atoms with Crippen molar-refractivity contribution in [2.45, 2.75) is 56.1 Å². The van der Waals surface area contributed by atoms with Crippen molar-refractivity contribution in [3.8, 4) is 0 Å². The van der Waals surface area contributed by atoms with Crippen LogP contribution < -0.4 is 0 Å². The van der Waals surface area contributed by atoms with Gasteiger partial charge in [-0.05, 0) is 6.42 Å². The van der Waals surface area contributed by atoms with Gasteiger partial charge < -0.3 is 0 Å². The molecule has 1 rings (SSSR count). The Balaban J connectivity index is 3.27. The first-order valence-corrected chi connectivity index (χ1v) is 5.59. The van der Waals surface area contributed by atoms with Gasteiger partial charge in [0.25, 0.3) is 0 Å². The lowest BCUT2D eigenvalue weighted by Crippen LogP contribution is -2.66. The van der Waals surface area contributed by atoms with Gasteiger partial charge >= 0.3 is 12.4 Å². The first-order valence-electron chi connectivity index (χ1n) is 5.59. The fraction of sp³-hybridized carbons (Fsp3) is 1.00. The van der Waals surface area contributed by atoms with Gasteiger partial charge in [0, 0.05) is 6.42 Å². The Morgan fingerprint density at radius 1 is 0.667 bits per heavy atom. The second kappa shape index (κ2) is 5.45. The molecule has 0 amide bonds. The summed E-state index contributed by atoms with van der Waals surface area (Å²) in [5.74, 6) is 0. The molecular formula is C10H9F11. The van der Waals surface area contributed by atoms with Crippen LogP contribution in [0.4, 0.5) is 48.3 Å². The Hall–Kier alpha value is -0.770. The summed E-state index contributed by atoms with van der Waals surface area (Å²) in [6, 6.07) is 0. The fourth-order valence-corrected chi connectivity index (χ4v) is 2.30. The van der Waals surface area contributed by atoms with E-state index in [1.807, 2.05) is 0 Å². The Labute approximate surface area is 111 Å². The van der Waals surface area contributed by atoms with E-state index in [9.17, 15) is 48.3 Å². The summed E-state index contributed by atoms with van der Waals surface area (Å²) in [5.41, 5.74) is -4.58. The van der Waals surface area contributed by atoms with Crippen molar-refractivity contribution in [3.63, 3.8) is 0 Å². The molecule has 126 valence electrons. The van der Waals surface area contributed by atoms with E-state index in [1.165, 1.54) is 0 Å². The predicted octanol–water partition coefficient (Wildman–Crippen LogP) is 4.58. The van der Waals surface area contributed by atoms with Crippen molar-refractivity contribution in [2.24, 2.45) is 5.41 Å². The van der Waals surface area contributed by atoms with E-state index in [0.717, 1.165) is 0 Å². The Morgan fingerprint density at radius 3 is 1.33 bits per heavy atom. The van der Waals surface area contributed by atoms with Crippen LogP contribution in [0, 0.1) is 5.41 Å². The van der Waals surface area contributed by atoms with Crippen molar-refractivity contribution in [2.75, 3.05) is 0 Å². The zero-order chi connectivity index (χ0) is 16.8. The fourth-order valence-electron chi connectivity index (χ4n) is 2.30. The highest BCUT2D eigenvalue weighted by molar-refractivity contribution is 5.11. The van der Waals surface area contributed by atoms with Crippen LogP contribution >= 0.6 is 0 Å². The molecule has 0 radical (unpaired) electrons. The van der Waals surface area contributed by atoms with Gasteiger partial charge in [-0.15, -0.1) is 0 Å². The summed E-state index contributed by atoms with van der Waals surface area (Å²) in [5, 5.41) is 0. The lowest BCUT2D eigenvalue weighted by molar-refractivity contribution is -0.306. The molecule has 0 aromatic carbocycles.